The molecule has 0 bridgehead atoms. The first-order valence-electron chi connectivity index (χ1n) is 6.50. The van der Waals surface area contributed by atoms with Crippen LogP contribution in [0.5, 0.6) is 0 Å². The quantitative estimate of drug-likeness (QED) is 0.862. The number of hydrogen-bond donors (Lipinski definition) is 1. The molecule has 0 saturated heterocycles. The van der Waals surface area contributed by atoms with Crippen LogP contribution in [0.2, 0.25) is 0 Å². The Balaban J connectivity index is 2.50. The lowest BCUT2D eigenvalue weighted by atomic mass is 10.2. The molecule has 0 aliphatic carbocycles. The van der Waals surface area contributed by atoms with Gasteiger partial charge in [-0.15, -0.1) is 0 Å². The second-order valence-corrected chi connectivity index (χ2v) is 5.05. The normalized spacial score (nSPS) is 10.2. The van der Waals surface area contributed by atoms with Gasteiger partial charge in [0.2, 0.25) is 5.91 Å². The Bertz CT molecular complexity index is 490. The van der Waals surface area contributed by atoms with Crippen molar-refractivity contribution in [3.8, 4) is 0 Å². The molecule has 1 aromatic rings. The summed E-state index contributed by atoms with van der Waals surface area (Å²) in [7, 11) is 0. The Labute approximate surface area is 126 Å². The number of nitrogens with one attached hydrogen (secondary N) is 1. The fourth-order valence-electron chi connectivity index (χ4n) is 1.79. The zero-order chi connectivity index (χ0) is 15.1. The predicted molar refractivity (Wildman–Crippen MR) is 79.0 cm³/mol. The zero-order valence-corrected chi connectivity index (χ0v) is 13.2. The van der Waals surface area contributed by atoms with Gasteiger partial charge in [-0.25, -0.2) is 4.39 Å². The molecule has 0 aromatic heterocycles. The summed E-state index contributed by atoms with van der Waals surface area (Å²) in [5.41, 5.74) is 0.349. The van der Waals surface area contributed by atoms with E-state index < -0.39 is 5.82 Å². The molecule has 0 heterocycles. The van der Waals surface area contributed by atoms with E-state index in [0.29, 0.717) is 23.1 Å². The van der Waals surface area contributed by atoms with Gasteiger partial charge in [0.1, 0.15) is 5.82 Å². The maximum absolute atomic E-state index is 12.9. The van der Waals surface area contributed by atoms with Crippen LogP contribution in [0.1, 0.15) is 30.6 Å². The average molecular weight is 345 g/mol. The number of benzene rings is 1. The number of amides is 2. The Hall–Kier alpha value is -1.43. The molecule has 0 fully saturated rings. The highest BCUT2D eigenvalue weighted by molar-refractivity contribution is 9.10. The Kier molecular flexibility index (Phi) is 6.64. The van der Waals surface area contributed by atoms with Crippen LogP contribution in [-0.4, -0.2) is 36.3 Å². The van der Waals surface area contributed by atoms with Crippen LogP contribution < -0.4 is 5.32 Å². The van der Waals surface area contributed by atoms with Gasteiger partial charge in [-0.2, -0.15) is 0 Å². The van der Waals surface area contributed by atoms with Crippen LogP contribution in [0.4, 0.5) is 4.39 Å². The highest BCUT2D eigenvalue weighted by Gasteiger charge is 2.12. The summed E-state index contributed by atoms with van der Waals surface area (Å²) in [6.07, 6.45) is 0.256. The highest BCUT2D eigenvalue weighted by Crippen LogP contribution is 2.17. The van der Waals surface area contributed by atoms with Crippen molar-refractivity contribution in [3.05, 3.63) is 34.1 Å². The Morgan fingerprint density at radius 3 is 2.50 bits per heavy atom. The third kappa shape index (κ3) is 4.59. The lowest BCUT2D eigenvalue weighted by Gasteiger charge is -2.18. The molecule has 2 amide bonds. The predicted octanol–water partition coefficient (Wildman–Crippen LogP) is 2.58. The molecule has 1 aromatic carbocycles. The van der Waals surface area contributed by atoms with Gasteiger partial charge in [0.15, 0.2) is 0 Å². The van der Waals surface area contributed by atoms with E-state index in [2.05, 4.69) is 21.2 Å². The molecule has 0 saturated carbocycles. The van der Waals surface area contributed by atoms with E-state index in [1.54, 1.807) is 4.90 Å². The van der Waals surface area contributed by atoms with Crippen LogP contribution in [0.3, 0.4) is 0 Å². The summed E-state index contributed by atoms with van der Waals surface area (Å²) >= 11 is 3.14. The molecule has 0 radical (unpaired) electrons. The van der Waals surface area contributed by atoms with Crippen molar-refractivity contribution in [2.75, 3.05) is 19.6 Å². The van der Waals surface area contributed by atoms with Crippen molar-refractivity contribution in [1.82, 2.24) is 10.2 Å². The van der Waals surface area contributed by atoms with Gasteiger partial charge >= 0.3 is 0 Å². The van der Waals surface area contributed by atoms with Crippen molar-refractivity contribution in [1.29, 1.82) is 0 Å². The topological polar surface area (TPSA) is 49.4 Å². The van der Waals surface area contributed by atoms with Crippen LogP contribution in [0.15, 0.2) is 22.7 Å². The minimum Gasteiger partial charge on any atom is -0.351 e. The van der Waals surface area contributed by atoms with Gasteiger partial charge in [0.05, 0.1) is 5.56 Å². The van der Waals surface area contributed by atoms with Crippen molar-refractivity contribution in [2.24, 2.45) is 0 Å². The second kappa shape index (κ2) is 7.99. The minimum absolute atomic E-state index is 0.00784. The van der Waals surface area contributed by atoms with Crippen LogP contribution in [0, 0.1) is 5.82 Å². The fraction of sp³-hybridized carbons (Fsp3) is 0.429. The summed E-state index contributed by atoms with van der Waals surface area (Å²) in [5, 5.41) is 2.65. The average Bonchev–Trinajstić information content (AvgIpc) is 2.39. The number of carbonyl (C=O) groups is 2. The first-order valence-corrected chi connectivity index (χ1v) is 7.29. The van der Waals surface area contributed by atoms with Crippen LogP contribution in [-0.2, 0) is 4.79 Å². The van der Waals surface area contributed by atoms with Gasteiger partial charge in [-0.1, -0.05) is 0 Å². The van der Waals surface area contributed by atoms with E-state index in [9.17, 15) is 14.0 Å². The van der Waals surface area contributed by atoms with Crippen molar-refractivity contribution in [2.45, 2.75) is 20.3 Å². The van der Waals surface area contributed by atoms with Crippen molar-refractivity contribution in [3.63, 3.8) is 0 Å². The molecule has 0 atom stereocenters. The third-order valence-electron chi connectivity index (χ3n) is 2.92. The monoisotopic (exact) mass is 344 g/mol. The maximum Gasteiger partial charge on any atom is 0.252 e. The molecular formula is C14H18BrFN2O2. The Morgan fingerprint density at radius 1 is 1.30 bits per heavy atom. The molecular weight excluding hydrogens is 327 g/mol. The number of hydrogen-bond acceptors (Lipinski definition) is 2. The number of nitrogens with zero attached hydrogens (tertiary/aromatic N) is 1. The molecule has 6 heteroatoms. The third-order valence-corrected chi connectivity index (χ3v) is 3.57. The smallest absolute Gasteiger partial charge is 0.252 e. The summed E-state index contributed by atoms with van der Waals surface area (Å²) in [6.45, 7) is 5.41. The van der Waals surface area contributed by atoms with E-state index >= 15 is 0 Å². The summed E-state index contributed by atoms with van der Waals surface area (Å²) in [5.74, 6) is -0.733. The fourth-order valence-corrected chi connectivity index (χ4v) is 2.32. The molecule has 4 nitrogen and oxygen atoms in total. The zero-order valence-electron chi connectivity index (χ0n) is 11.6. The first kappa shape index (κ1) is 16.6. The molecule has 110 valence electrons. The van der Waals surface area contributed by atoms with E-state index in [1.807, 2.05) is 13.8 Å². The molecule has 1 rings (SSSR count). The van der Waals surface area contributed by atoms with E-state index in [1.165, 1.54) is 18.2 Å². The number of carbonyl (C=O) groups excluding carboxylic acids is 2. The van der Waals surface area contributed by atoms with Crippen molar-refractivity contribution < 1.29 is 14.0 Å². The number of halogens is 2. The second-order valence-electron chi connectivity index (χ2n) is 4.20. The first-order chi connectivity index (χ1) is 9.49. The lowest BCUT2D eigenvalue weighted by molar-refractivity contribution is -0.130. The van der Waals surface area contributed by atoms with E-state index in [-0.39, 0.29) is 24.8 Å². The minimum atomic E-state index is -0.412. The van der Waals surface area contributed by atoms with Gasteiger partial charge in [-0.3, -0.25) is 9.59 Å². The molecule has 0 aliphatic rings. The molecule has 0 aliphatic heterocycles. The van der Waals surface area contributed by atoms with Gasteiger partial charge in [-0.05, 0) is 48.0 Å². The largest absolute Gasteiger partial charge is 0.351 e. The van der Waals surface area contributed by atoms with E-state index in [4.69, 9.17) is 0 Å². The Morgan fingerprint density at radius 2 is 1.95 bits per heavy atom. The standard InChI is InChI=1S/C14H18BrFN2O2/c1-3-18(4-2)13(19)7-8-17-14(20)11-6-5-10(16)9-12(11)15/h5-6,9H,3-4,7-8H2,1-2H3,(H,17,20). The number of rotatable bonds is 6. The highest BCUT2D eigenvalue weighted by atomic mass is 79.9. The summed E-state index contributed by atoms with van der Waals surface area (Å²) < 4.78 is 13.3. The molecule has 1 N–H and O–H groups in total. The van der Waals surface area contributed by atoms with Crippen LogP contribution in [0.25, 0.3) is 0 Å². The van der Waals surface area contributed by atoms with Gasteiger partial charge < -0.3 is 10.2 Å². The SMILES string of the molecule is CCN(CC)C(=O)CCNC(=O)c1ccc(F)cc1Br. The molecule has 0 unspecified atom stereocenters. The molecule has 20 heavy (non-hydrogen) atoms. The van der Waals surface area contributed by atoms with E-state index in [0.717, 1.165) is 0 Å². The molecule has 0 spiro atoms. The maximum atomic E-state index is 12.9. The van der Waals surface area contributed by atoms with Gasteiger partial charge in [0, 0.05) is 30.5 Å². The lowest BCUT2D eigenvalue weighted by Crippen LogP contribution is -2.34. The van der Waals surface area contributed by atoms with Crippen molar-refractivity contribution >= 4 is 27.7 Å². The summed E-state index contributed by atoms with van der Waals surface area (Å²) in [6, 6.07) is 3.86. The van der Waals surface area contributed by atoms with Gasteiger partial charge in [0.25, 0.3) is 5.91 Å². The summed E-state index contributed by atoms with van der Waals surface area (Å²) in [4.78, 5) is 25.3. The van der Waals surface area contributed by atoms with Crippen LogP contribution >= 0.6 is 15.9 Å².